The summed E-state index contributed by atoms with van der Waals surface area (Å²) in [5, 5.41) is 0. The van der Waals surface area contributed by atoms with Gasteiger partial charge < -0.3 is 16.4 Å². The number of nitrogens with zero attached hydrogens (tertiary/aromatic N) is 1. The van der Waals surface area contributed by atoms with Crippen LogP contribution < -0.4 is 16.4 Å². The van der Waals surface area contributed by atoms with E-state index in [1.165, 1.54) is 0 Å². The molecule has 17 heavy (non-hydrogen) atoms. The Labute approximate surface area is 103 Å². The monoisotopic (exact) mass is 235 g/mol. The summed E-state index contributed by atoms with van der Waals surface area (Å²) in [5.74, 6) is 0.0953. The van der Waals surface area contributed by atoms with Crippen LogP contribution in [0.2, 0.25) is 0 Å². The number of para-hydroxylation sites is 1. The van der Waals surface area contributed by atoms with Crippen molar-refractivity contribution in [3.63, 3.8) is 0 Å². The fourth-order valence-corrected chi connectivity index (χ4v) is 1.80. The molecule has 0 radical (unpaired) electrons. The first-order valence-electron chi connectivity index (χ1n) is 5.86. The molecule has 4 N–H and O–H groups in total. The maximum atomic E-state index is 11.2. The third kappa shape index (κ3) is 3.12. The smallest absolute Gasteiger partial charge is 0.250 e. The number of rotatable bonds is 5. The predicted octanol–water partition coefficient (Wildman–Crippen LogP) is 1.85. The van der Waals surface area contributed by atoms with Gasteiger partial charge in [-0.25, -0.2) is 0 Å². The molecule has 1 rings (SSSR count). The van der Waals surface area contributed by atoms with Gasteiger partial charge in [0.2, 0.25) is 0 Å². The summed E-state index contributed by atoms with van der Waals surface area (Å²) in [6, 6.07) is 5.36. The van der Waals surface area contributed by atoms with Crippen molar-refractivity contribution in [2.24, 2.45) is 11.7 Å². The SMILES string of the molecule is CCC(C)CN(C)c1cccc(C(N)=O)c1N. The van der Waals surface area contributed by atoms with E-state index in [9.17, 15) is 4.79 Å². The zero-order valence-corrected chi connectivity index (χ0v) is 10.7. The number of nitrogens with two attached hydrogens (primary N) is 2. The fraction of sp³-hybridized carbons (Fsp3) is 0.462. The van der Waals surface area contributed by atoms with Crippen LogP contribution in [0.3, 0.4) is 0 Å². The summed E-state index contributed by atoms with van der Waals surface area (Å²) in [7, 11) is 1.97. The second-order valence-electron chi connectivity index (χ2n) is 4.50. The Morgan fingerprint density at radius 1 is 1.47 bits per heavy atom. The maximum absolute atomic E-state index is 11.2. The van der Waals surface area contributed by atoms with Crippen LogP contribution in [0.25, 0.3) is 0 Å². The van der Waals surface area contributed by atoms with E-state index >= 15 is 0 Å². The van der Waals surface area contributed by atoms with Gasteiger partial charge in [0.15, 0.2) is 0 Å². The third-order valence-electron chi connectivity index (χ3n) is 3.04. The molecule has 0 aliphatic carbocycles. The molecular formula is C13H21N3O. The lowest BCUT2D eigenvalue weighted by Gasteiger charge is -2.24. The highest BCUT2D eigenvalue weighted by Gasteiger charge is 2.13. The zero-order chi connectivity index (χ0) is 13.0. The number of amides is 1. The predicted molar refractivity (Wildman–Crippen MR) is 72.1 cm³/mol. The highest BCUT2D eigenvalue weighted by molar-refractivity contribution is 6.00. The Morgan fingerprint density at radius 3 is 2.65 bits per heavy atom. The first-order chi connectivity index (χ1) is 7.97. The maximum Gasteiger partial charge on any atom is 0.250 e. The number of carbonyl (C=O) groups excluding carboxylic acids is 1. The number of carbonyl (C=O) groups is 1. The Bertz CT molecular complexity index is 404. The molecule has 0 fully saturated rings. The van der Waals surface area contributed by atoms with Crippen molar-refractivity contribution in [1.82, 2.24) is 0 Å². The second kappa shape index (κ2) is 5.57. The van der Waals surface area contributed by atoms with E-state index in [-0.39, 0.29) is 0 Å². The quantitative estimate of drug-likeness (QED) is 0.765. The minimum absolute atomic E-state index is 0.388. The highest BCUT2D eigenvalue weighted by atomic mass is 16.1. The molecule has 1 aromatic carbocycles. The summed E-state index contributed by atoms with van der Waals surface area (Å²) in [6.45, 7) is 5.25. The van der Waals surface area contributed by atoms with E-state index in [0.717, 1.165) is 18.7 Å². The molecule has 1 aromatic rings. The number of hydrogen-bond acceptors (Lipinski definition) is 3. The van der Waals surface area contributed by atoms with Crippen molar-refractivity contribution >= 4 is 17.3 Å². The molecule has 4 nitrogen and oxygen atoms in total. The van der Waals surface area contributed by atoms with Crippen LogP contribution in [-0.4, -0.2) is 19.5 Å². The highest BCUT2D eigenvalue weighted by Crippen LogP contribution is 2.26. The van der Waals surface area contributed by atoms with Gasteiger partial charge in [-0.2, -0.15) is 0 Å². The van der Waals surface area contributed by atoms with Crippen LogP contribution >= 0.6 is 0 Å². The molecule has 0 heterocycles. The molecule has 1 unspecified atom stereocenters. The summed E-state index contributed by atoms with van der Waals surface area (Å²) >= 11 is 0. The summed E-state index contributed by atoms with van der Waals surface area (Å²) in [6.07, 6.45) is 1.11. The van der Waals surface area contributed by atoms with E-state index in [2.05, 4.69) is 18.7 Å². The van der Waals surface area contributed by atoms with E-state index in [1.54, 1.807) is 12.1 Å². The van der Waals surface area contributed by atoms with E-state index < -0.39 is 5.91 Å². The van der Waals surface area contributed by atoms with Crippen LogP contribution in [0.1, 0.15) is 30.6 Å². The Kier molecular flexibility index (Phi) is 4.37. The molecule has 0 aliphatic heterocycles. The van der Waals surface area contributed by atoms with Crippen LogP contribution in [-0.2, 0) is 0 Å². The lowest BCUT2D eigenvalue weighted by Crippen LogP contribution is -2.25. The van der Waals surface area contributed by atoms with Crippen molar-refractivity contribution in [1.29, 1.82) is 0 Å². The fourth-order valence-electron chi connectivity index (χ4n) is 1.80. The number of nitrogen functional groups attached to an aromatic ring is 1. The minimum Gasteiger partial charge on any atom is -0.396 e. The molecule has 0 bridgehead atoms. The molecule has 0 spiro atoms. The van der Waals surface area contributed by atoms with Crippen molar-refractivity contribution in [2.45, 2.75) is 20.3 Å². The van der Waals surface area contributed by atoms with Gasteiger partial charge >= 0.3 is 0 Å². The van der Waals surface area contributed by atoms with Gasteiger partial charge in [-0.15, -0.1) is 0 Å². The third-order valence-corrected chi connectivity index (χ3v) is 3.04. The van der Waals surface area contributed by atoms with Crippen LogP contribution in [0, 0.1) is 5.92 Å². The molecule has 94 valence electrons. The molecule has 0 saturated heterocycles. The number of benzene rings is 1. The zero-order valence-electron chi connectivity index (χ0n) is 10.7. The van der Waals surface area contributed by atoms with Gasteiger partial charge in [-0.3, -0.25) is 4.79 Å². The normalized spacial score (nSPS) is 12.2. The van der Waals surface area contributed by atoms with Gasteiger partial charge in [0, 0.05) is 13.6 Å². The van der Waals surface area contributed by atoms with Crippen LogP contribution in [0.5, 0.6) is 0 Å². The Morgan fingerprint density at radius 2 is 2.12 bits per heavy atom. The minimum atomic E-state index is -0.485. The van der Waals surface area contributed by atoms with Gasteiger partial charge in [-0.1, -0.05) is 26.3 Å². The Hall–Kier alpha value is -1.71. The molecule has 1 amide bonds. The summed E-state index contributed by atoms with van der Waals surface area (Å²) in [5.41, 5.74) is 12.9. The van der Waals surface area contributed by atoms with Crippen molar-refractivity contribution in [3.05, 3.63) is 23.8 Å². The summed E-state index contributed by atoms with van der Waals surface area (Å²) in [4.78, 5) is 13.3. The standard InChI is InChI=1S/C13H21N3O/c1-4-9(2)8-16(3)11-7-5-6-10(12(11)14)13(15)17/h5-7,9H,4,8,14H2,1-3H3,(H2,15,17). The number of primary amides is 1. The first-order valence-corrected chi connectivity index (χ1v) is 5.86. The number of hydrogen-bond donors (Lipinski definition) is 2. The van der Waals surface area contributed by atoms with Crippen molar-refractivity contribution in [2.75, 3.05) is 24.2 Å². The van der Waals surface area contributed by atoms with Crippen LogP contribution in [0.4, 0.5) is 11.4 Å². The largest absolute Gasteiger partial charge is 0.396 e. The first kappa shape index (κ1) is 13.4. The van der Waals surface area contributed by atoms with Gasteiger partial charge in [0.25, 0.3) is 5.91 Å². The van der Waals surface area contributed by atoms with E-state index in [0.29, 0.717) is 17.2 Å². The van der Waals surface area contributed by atoms with Gasteiger partial charge in [0.05, 0.1) is 16.9 Å². The molecule has 1 atom stereocenters. The van der Waals surface area contributed by atoms with Crippen LogP contribution in [0.15, 0.2) is 18.2 Å². The molecule has 0 aromatic heterocycles. The average molecular weight is 235 g/mol. The summed E-state index contributed by atoms with van der Waals surface area (Å²) < 4.78 is 0. The number of anilines is 2. The second-order valence-corrected chi connectivity index (χ2v) is 4.50. The average Bonchev–Trinajstić information content (AvgIpc) is 2.28. The van der Waals surface area contributed by atoms with Crippen molar-refractivity contribution < 1.29 is 4.79 Å². The lowest BCUT2D eigenvalue weighted by atomic mass is 10.1. The molecular weight excluding hydrogens is 214 g/mol. The molecule has 0 saturated carbocycles. The van der Waals surface area contributed by atoms with Gasteiger partial charge in [0.1, 0.15) is 0 Å². The van der Waals surface area contributed by atoms with Gasteiger partial charge in [-0.05, 0) is 18.1 Å². The molecule has 0 aliphatic rings. The Balaban J connectivity index is 2.98. The van der Waals surface area contributed by atoms with E-state index in [4.69, 9.17) is 11.5 Å². The lowest BCUT2D eigenvalue weighted by molar-refractivity contribution is 0.100. The molecule has 4 heteroatoms. The topological polar surface area (TPSA) is 72.3 Å². The van der Waals surface area contributed by atoms with E-state index in [1.807, 2.05) is 13.1 Å². The van der Waals surface area contributed by atoms with Crippen molar-refractivity contribution in [3.8, 4) is 0 Å².